The molecule has 35 heavy (non-hydrogen) atoms. The summed E-state index contributed by atoms with van der Waals surface area (Å²) in [4.78, 5) is 5.37. The summed E-state index contributed by atoms with van der Waals surface area (Å²) in [6.07, 6.45) is 1.66. The zero-order valence-corrected chi connectivity index (χ0v) is 20.9. The van der Waals surface area contributed by atoms with Gasteiger partial charge in [0.1, 0.15) is 5.75 Å². The summed E-state index contributed by atoms with van der Waals surface area (Å²) in [7, 11) is 4.73. The quantitative estimate of drug-likeness (QED) is 0.263. The molecule has 1 N–H and O–H groups in total. The van der Waals surface area contributed by atoms with Gasteiger partial charge in [0, 0.05) is 16.5 Å². The number of phenolic OH excluding ortho intramolecular Hbond substituents is 1. The second-order valence-corrected chi connectivity index (χ2v) is 8.70. The van der Waals surface area contributed by atoms with Gasteiger partial charge in [0.05, 0.1) is 39.8 Å². The van der Waals surface area contributed by atoms with E-state index in [2.05, 4.69) is 11.6 Å². The molecule has 0 aliphatic heterocycles. The van der Waals surface area contributed by atoms with Gasteiger partial charge in [-0.1, -0.05) is 42.5 Å². The molecule has 180 valence electrons. The fourth-order valence-electron chi connectivity index (χ4n) is 3.68. The summed E-state index contributed by atoms with van der Waals surface area (Å²) in [6, 6.07) is 15.2. The number of ether oxygens (including phenoxy) is 3. The maximum Gasteiger partial charge on any atom is 0.206 e. The third-order valence-corrected chi connectivity index (χ3v) is 6.23. The molecule has 0 spiro atoms. The lowest BCUT2D eigenvalue weighted by Gasteiger charge is -2.14. The van der Waals surface area contributed by atoms with E-state index in [-0.39, 0.29) is 5.75 Å². The fraction of sp³-hybridized carbons (Fsp3) is 0.185. The van der Waals surface area contributed by atoms with Crippen LogP contribution in [-0.2, 0) is 0 Å². The lowest BCUT2D eigenvalue weighted by molar-refractivity contribution is 0.324. The first-order valence-electron chi connectivity index (χ1n) is 10.9. The van der Waals surface area contributed by atoms with E-state index in [1.807, 2.05) is 54.8 Å². The van der Waals surface area contributed by atoms with Crippen LogP contribution >= 0.6 is 11.3 Å². The van der Waals surface area contributed by atoms with Gasteiger partial charge in [-0.2, -0.15) is 5.10 Å². The van der Waals surface area contributed by atoms with Crippen molar-refractivity contribution in [3.63, 3.8) is 0 Å². The smallest absolute Gasteiger partial charge is 0.206 e. The molecule has 0 fully saturated rings. The number of rotatable bonds is 8. The first kappa shape index (κ1) is 24.1. The van der Waals surface area contributed by atoms with Crippen LogP contribution in [0.25, 0.3) is 22.0 Å². The van der Waals surface area contributed by atoms with Gasteiger partial charge in [-0.15, -0.1) is 11.3 Å². The van der Waals surface area contributed by atoms with Gasteiger partial charge in [0.25, 0.3) is 0 Å². The van der Waals surface area contributed by atoms with Crippen molar-refractivity contribution in [2.75, 3.05) is 27.9 Å². The third-order valence-electron chi connectivity index (χ3n) is 5.38. The molecule has 0 aliphatic rings. The highest BCUT2D eigenvalue weighted by atomic mass is 32.1. The molecule has 0 saturated carbocycles. The average molecular weight is 490 g/mol. The summed E-state index contributed by atoms with van der Waals surface area (Å²) in [6.45, 7) is 6.36. The Morgan fingerprint density at radius 2 is 1.77 bits per heavy atom. The van der Waals surface area contributed by atoms with Crippen molar-refractivity contribution in [3.05, 3.63) is 76.4 Å². The van der Waals surface area contributed by atoms with E-state index in [4.69, 9.17) is 19.3 Å². The number of aromatic nitrogens is 1. The molecule has 8 heteroatoms. The standard InChI is InChI=1S/C27H27N3O4S/c1-17(2)14-28-27-30(29-15-21-20-9-7-6-8-18(20)10-11-23(21)31)22(16-35-27)19-12-24(32-3)26(34-5)25(13-19)33-4/h6-13,15-16,31H,1,14H2,2-5H3. The Kier molecular flexibility index (Phi) is 7.22. The summed E-state index contributed by atoms with van der Waals surface area (Å²) in [5.74, 6) is 1.74. The van der Waals surface area contributed by atoms with Gasteiger partial charge in [0.2, 0.25) is 10.6 Å². The molecule has 1 aromatic heterocycles. The normalized spacial score (nSPS) is 11.8. The van der Waals surface area contributed by atoms with Crippen molar-refractivity contribution in [2.24, 2.45) is 10.1 Å². The van der Waals surface area contributed by atoms with Crippen molar-refractivity contribution in [3.8, 4) is 34.3 Å². The molecule has 0 saturated heterocycles. The molecular weight excluding hydrogens is 462 g/mol. The first-order valence-corrected chi connectivity index (χ1v) is 11.8. The lowest BCUT2D eigenvalue weighted by atomic mass is 10.0. The molecule has 1 heterocycles. The minimum absolute atomic E-state index is 0.151. The summed E-state index contributed by atoms with van der Waals surface area (Å²) in [5, 5.41) is 19.2. The Morgan fingerprint density at radius 3 is 2.43 bits per heavy atom. The number of hydrogen-bond acceptors (Lipinski definition) is 7. The molecule has 4 aromatic rings. The van der Waals surface area contributed by atoms with Crippen molar-refractivity contribution >= 4 is 28.3 Å². The van der Waals surface area contributed by atoms with E-state index in [0.717, 1.165) is 27.6 Å². The van der Waals surface area contributed by atoms with Crippen LogP contribution in [0, 0.1) is 0 Å². The van der Waals surface area contributed by atoms with Gasteiger partial charge in [-0.25, -0.2) is 4.68 Å². The van der Waals surface area contributed by atoms with Crippen LogP contribution in [0.4, 0.5) is 0 Å². The number of hydrogen-bond donors (Lipinski definition) is 1. The van der Waals surface area contributed by atoms with Gasteiger partial charge in [-0.05, 0) is 35.9 Å². The average Bonchev–Trinajstić information content (AvgIpc) is 3.28. The largest absolute Gasteiger partial charge is 0.507 e. The van der Waals surface area contributed by atoms with Crippen molar-refractivity contribution in [2.45, 2.75) is 6.92 Å². The van der Waals surface area contributed by atoms with E-state index in [1.54, 1.807) is 38.3 Å². The van der Waals surface area contributed by atoms with E-state index in [1.165, 1.54) is 11.3 Å². The van der Waals surface area contributed by atoms with Crippen LogP contribution in [-0.4, -0.2) is 43.9 Å². The summed E-state index contributed by atoms with van der Waals surface area (Å²) in [5.41, 5.74) is 3.16. The number of nitrogens with zero attached hydrogens (tertiary/aromatic N) is 3. The van der Waals surface area contributed by atoms with Crippen LogP contribution in [0.1, 0.15) is 12.5 Å². The number of benzene rings is 3. The molecule has 0 bridgehead atoms. The maximum absolute atomic E-state index is 10.6. The number of fused-ring (bicyclic) bond motifs is 1. The number of methoxy groups -OCH3 is 3. The highest BCUT2D eigenvalue weighted by Gasteiger charge is 2.17. The highest BCUT2D eigenvalue weighted by molar-refractivity contribution is 7.07. The van der Waals surface area contributed by atoms with Crippen molar-refractivity contribution in [1.29, 1.82) is 0 Å². The summed E-state index contributed by atoms with van der Waals surface area (Å²) >= 11 is 1.46. The minimum Gasteiger partial charge on any atom is -0.507 e. The topological polar surface area (TPSA) is 77.6 Å². The second kappa shape index (κ2) is 10.5. The van der Waals surface area contributed by atoms with Crippen molar-refractivity contribution in [1.82, 2.24) is 4.68 Å². The predicted octanol–water partition coefficient (Wildman–Crippen LogP) is 5.46. The van der Waals surface area contributed by atoms with Crippen LogP contribution in [0.15, 0.2) is 76.2 Å². The molecule has 4 rings (SSSR count). The molecule has 7 nitrogen and oxygen atoms in total. The molecule has 0 unspecified atom stereocenters. The molecule has 0 amide bonds. The summed E-state index contributed by atoms with van der Waals surface area (Å²) < 4.78 is 18.3. The zero-order valence-electron chi connectivity index (χ0n) is 20.1. The monoisotopic (exact) mass is 489 g/mol. The fourth-order valence-corrected chi connectivity index (χ4v) is 4.52. The Labute approximate surface area is 207 Å². The molecule has 0 radical (unpaired) electrons. The van der Waals surface area contributed by atoms with E-state index in [9.17, 15) is 5.11 Å². The van der Waals surface area contributed by atoms with Gasteiger partial charge < -0.3 is 19.3 Å². The Bertz CT molecular complexity index is 1460. The Morgan fingerprint density at radius 1 is 1.06 bits per heavy atom. The van der Waals surface area contributed by atoms with Crippen molar-refractivity contribution < 1.29 is 19.3 Å². The second-order valence-electron chi connectivity index (χ2n) is 7.87. The predicted molar refractivity (Wildman–Crippen MR) is 141 cm³/mol. The Balaban J connectivity index is 1.91. The molecule has 3 aromatic carbocycles. The molecule has 0 atom stereocenters. The molecule has 0 aliphatic carbocycles. The van der Waals surface area contributed by atoms with E-state index < -0.39 is 0 Å². The van der Waals surface area contributed by atoms with Crippen LogP contribution in [0.2, 0.25) is 0 Å². The molecular formula is C27H27N3O4S. The number of phenols is 1. The van der Waals surface area contributed by atoms with E-state index >= 15 is 0 Å². The number of thiazole rings is 1. The Hall–Kier alpha value is -4.04. The van der Waals surface area contributed by atoms with Gasteiger partial charge in [-0.3, -0.25) is 4.99 Å². The maximum atomic E-state index is 10.6. The third kappa shape index (κ3) is 4.93. The zero-order chi connectivity index (χ0) is 24.9. The minimum atomic E-state index is 0.151. The van der Waals surface area contributed by atoms with E-state index in [0.29, 0.717) is 34.2 Å². The number of aromatic hydroxyl groups is 1. The highest BCUT2D eigenvalue weighted by Crippen LogP contribution is 2.41. The first-order chi connectivity index (χ1) is 17.0. The lowest BCUT2D eigenvalue weighted by Crippen LogP contribution is -2.13. The van der Waals surface area contributed by atoms with Crippen LogP contribution in [0.3, 0.4) is 0 Å². The SMILES string of the molecule is C=C(C)CN=c1scc(-c2cc(OC)c(OC)c(OC)c2)n1N=Cc1c(O)ccc2ccccc12. The van der Waals surface area contributed by atoms with Gasteiger partial charge in [0.15, 0.2) is 11.5 Å². The van der Waals surface area contributed by atoms with Gasteiger partial charge >= 0.3 is 0 Å². The van der Waals surface area contributed by atoms with Crippen LogP contribution < -0.4 is 19.0 Å². The van der Waals surface area contributed by atoms with Crippen LogP contribution in [0.5, 0.6) is 23.0 Å².